The lowest BCUT2D eigenvalue weighted by atomic mass is 9.99. The van der Waals surface area contributed by atoms with E-state index in [2.05, 4.69) is 30.2 Å². The summed E-state index contributed by atoms with van der Waals surface area (Å²) >= 11 is 5.92. The molecule has 0 saturated heterocycles. The molecule has 0 fully saturated rings. The van der Waals surface area contributed by atoms with Gasteiger partial charge in [0.2, 0.25) is 0 Å². The molecule has 2 rings (SSSR count). The first kappa shape index (κ1) is 13.1. The van der Waals surface area contributed by atoms with E-state index < -0.39 is 0 Å². The second-order valence-electron chi connectivity index (χ2n) is 4.49. The van der Waals surface area contributed by atoms with Crippen molar-refractivity contribution in [3.8, 4) is 0 Å². The highest BCUT2D eigenvalue weighted by molar-refractivity contribution is 6.30. The van der Waals surface area contributed by atoms with E-state index in [0.717, 1.165) is 10.7 Å². The number of nitrogens with one attached hydrogen (secondary N) is 1. The number of pyridine rings is 1. The van der Waals surface area contributed by atoms with Crippen LogP contribution < -0.4 is 5.32 Å². The Morgan fingerprint density at radius 1 is 1.17 bits per heavy atom. The molecular formula is C15H17ClN2. The molecule has 3 heteroatoms. The molecule has 0 bridgehead atoms. The number of rotatable bonds is 3. The minimum absolute atomic E-state index is 0.0999. The summed E-state index contributed by atoms with van der Waals surface area (Å²) in [5.74, 6) is 0. The Labute approximate surface area is 113 Å². The third-order valence-electron chi connectivity index (χ3n) is 3.02. The Balaban J connectivity index is 2.41. The lowest BCUT2D eigenvalue weighted by Crippen LogP contribution is -2.20. The number of hydrogen-bond donors (Lipinski definition) is 1. The molecule has 1 aromatic heterocycles. The fourth-order valence-corrected chi connectivity index (χ4v) is 2.27. The quantitative estimate of drug-likeness (QED) is 0.911. The van der Waals surface area contributed by atoms with Gasteiger partial charge in [0.25, 0.3) is 0 Å². The van der Waals surface area contributed by atoms with E-state index >= 15 is 0 Å². The summed E-state index contributed by atoms with van der Waals surface area (Å²) in [5, 5.41) is 4.06. The van der Waals surface area contributed by atoms with Crippen LogP contribution in [-0.4, -0.2) is 12.0 Å². The van der Waals surface area contributed by atoms with Crippen molar-refractivity contribution in [1.82, 2.24) is 10.3 Å². The number of nitrogens with zero attached hydrogens (tertiary/aromatic N) is 1. The second kappa shape index (κ2) is 5.51. The molecule has 1 N–H and O–H groups in total. The smallest absolute Gasteiger partial charge is 0.0751 e. The molecule has 0 aliphatic carbocycles. The first-order valence-corrected chi connectivity index (χ1v) is 6.35. The highest BCUT2D eigenvalue weighted by Crippen LogP contribution is 2.24. The number of halogens is 1. The van der Waals surface area contributed by atoms with E-state index in [-0.39, 0.29) is 6.04 Å². The van der Waals surface area contributed by atoms with Gasteiger partial charge in [-0.15, -0.1) is 0 Å². The van der Waals surface area contributed by atoms with Gasteiger partial charge in [0.1, 0.15) is 0 Å². The van der Waals surface area contributed by atoms with Gasteiger partial charge in [-0.3, -0.25) is 4.98 Å². The summed E-state index contributed by atoms with van der Waals surface area (Å²) in [6, 6.07) is 10.1. The predicted octanol–water partition coefficient (Wildman–Crippen LogP) is 3.66. The van der Waals surface area contributed by atoms with Crippen molar-refractivity contribution in [3.63, 3.8) is 0 Å². The highest BCUT2D eigenvalue weighted by atomic mass is 35.5. The van der Waals surface area contributed by atoms with Gasteiger partial charge in [0.05, 0.1) is 11.7 Å². The Morgan fingerprint density at radius 3 is 2.39 bits per heavy atom. The lowest BCUT2D eigenvalue weighted by Gasteiger charge is -2.18. The SMILES string of the molecule is CNC(c1ccc(Cl)cc1)c1ncc(C)cc1C. The standard InChI is InChI=1S/C15H17ClN2/c1-10-8-11(2)14(18-9-10)15(17-3)12-4-6-13(16)7-5-12/h4-9,15,17H,1-3H3. The molecule has 2 nitrogen and oxygen atoms in total. The van der Waals surface area contributed by atoms with Gasteiger partial charge in [-0.25, -0.2) is 0 Å². The van der Waals surface area contributed by atoms with Gasteiger partial charge in [0.15, 0.2) is 0 Å². The van der Waals surface area contributed by atoms with Crippen LogP contribution in [0.2, 0.25) is 5.02 Å². The van der Waals surface area contributed by atoms with Crippen molar-refractivity contribution in [3.05, 3.63) is 63.9 Å². The first-order valence-electron chi connectivity index (χ1n) is 5.97. The minimum atomic E-state index is 0.0999. The van der Waals surface area contributed by atoms with E-state index in [1.165, 1.54) is 16.7 Å². The Morgan fingerprint density at radius 2 is 1.83 bits per heavy atom. The molecule has 1 unspecified atom stereocenters. The number of aromatic nitrogens is 1. The molecule has 0 amide bonds. The summed E-state index contributed by atoms with van der Waals surface area (Å²) in [4.78, 5) is 4.55. The van der Waals surface area contributed by atoms with Crippen molar-refractivity contribution in [2.45, 2.75) is 19.9 Å². The zero-order valence-electron chi connectivity index (χ0n) is 10.9. The fourth-order valence-electron chi connectivity index (χ4n) is 2.14. The van der Waals surface area contributed by atoms with Crippen LogP contribution >= 0.6 is 11.6 Å². The normalized spacial score (nSPS) is 12.4. The molecule has 1 heterocycles. The van der Waals surface area contributed by atoms with Crippen LogP contribution in [0.1, 0.15) is 28.4 Å². The van der Waals surface area contributed by atoms with Crippen molar-refractivity contribution >= 4 is 11.6 Å². The summed E-state index contributed by atoms with van der Waals surface area (Å²) in [7, 11) is 1.94. The average Bonchev–Trinajstić information content (AvgIpc) is 2.35. The molecule has 94 valence electrons. The van der Waals surface area contributed by atoms with Crippen LogP contribution in [0, 0.1) is 13.8 Å². The Kier molecular flexibility index (Phi) is 4.00. The zero-order valence-corrected chi connectivity index (χ0v) is 11.6. The molecule has 0 saturated carbocycles. The van der Waals surface area contributed by atoms with E-state index in [4.69, 9.17) is 11.6 Å². The number of benzene rings is 1. The van der Waals surface area contributed by atoms with Crippen LogP contribution in [0.15, 0.2) is 36.5 Å². The van der Waals surface area contributed by atoms with Crippen molar-refractivity contribution in [2.75, 3.05) is 7.05 Å². The topological polar surface area (TPSA) is 24.9 Å². The fraction of sp³-hybridized carbons (Fsp3) is 0.267. The molecule has 0 aliphatic heterocycles. The van der Waals surface area contributed by atoms with Crippen molar-refractivity contribution in [1.29, 1.82) is 0 Å². The third-order valence-corrected chi connectivity index (χ3v) is 3.27. The number of aryl methyl sites for hydroxylation is 2. The van der Waals surface area contributed by atoms with E-state index in [9.17, 15) is 0 Å². The zero-order chi connectivity index (χ0) is 13.1. The Hall–Kier alpha value is -1.38. The van der Waals surface area contributed by atoms with Crippen LogP contribution in [0.25, 0.3) is 0 Å². The maximum atomic E-state index is 5.92. The van der Waals surface area contributed by atoms with Crippen molar-refractivity contribution in [2.24, 2.45) is 0 Å². The summed E-state index contributed by atoms with van der Waals surface area (Å²) < 4.78 is 0. The first-order chi connectivity index (χ1) is 8.61. The minimum Gasteiger partial charge on any atom is -0.308 e. The molecule has 0 radical (unpaired) electrons. The summed E-state index contributed by atoms with van der Waals surface area (Å²) in [5.41, 5.74) is 4.61. The highest BCUT2D eigenvalue weighted by Gasteiger charge is 2.15. The van der Waals surface area contributed by atoms with E-state index in [1.807, 2.05) is 37.5 Å². The van der Waals surface area contributed by atoms with Gasteiger partial charge in [-0.1, -0.05) is 29.8 Å². The molecule has 0 spiro atoms. The van der Waals surface area contributed by atoms with Crippen LogP contribution in [0.4, 0.5) is 0 Å². The van der Waals surface area contributed by atoms with Gasteiger partial charge >= 0.3 is 0 Å². The lowest BCUT2D eigenvalue weighted by molar-refractivity contribution is 0.665. The summed E-state index contributed by atoms with van der Waals surface area (Å²) in [6.45, 7) is 4.15. The predicted molar refractivity (Wildman–Crippen MR) is 76.1 cm³/mol. The second-order valence-corrected chi connectivity index (χ2v) is 4.92. The third kappa shape index (κ3) is 2.71. The summed E-state index contributed by atoms with van der Waals surface area (Å²) in [6.07, 6.45) is 1.91. The van der Waals surface area contributed by atoms with E-state index in [0.29, 0.717) is 0 Å². The van der Waals surface area contributed by atoms with Crippen LogP contribution in [0.5, 0.6) is 0 Å². The van der Waals surface area contributed by atoms with Gasteiger partial charge in [-0.2, -0.15) is 0 Å². The molecule has 0 aliphatic rings. The van der Waals surface area contributed by atoms with Gasteiger partial charge < -0.3 is 5.32 Å². The molecular weight excluding hydrogens is 244 g/mol. The van der Waals surface area contributed by atoms with Crippen LogP contribution in [0.3, 0.4) is 0 Å². The van der Waals surface area contributed by atoms with Crippen LogP contribution in [-0.2, 0) is 0 Å². The number of hydrogen-bond acceptors (Lipinski definition) is 2. The maximum Gasteiger partial charge on any atom is 0.0751 e. The average molecular weight is 261 g/mol. The maximum absolute atomic E-state index is 5.92. The van der Waals surface area contributed by atoms with E-state index in [1.54, 1.807) is 0 Å². The van der Waals surface area contributed by atoms with Gasteiger partial charge in [-0.05, 0) is 49.7 Å². The molecule has 1 aromatic carbocycles. The molecule has 18 heavy (non-hydrogen) atoms. The largest absolute Gasteiger partial charge is 0.308 e. The monoisotopic (exact) mass is 260 g/mol. The van der Waals surface area contributed by atoms with Gasteiger partial charge in [0, 0.05) is 11.2 Å². The Bertz CT molecular complexity index is 535. The molecule has 1 atom stereocenters. The van der Waals surface area contributed by atoms with Crippen molar-refractivity contribution < 1.29 is 0 Å². The molecule has 2 aromatic rings.